The van der Waals surface area contributed by atoms with Crippen LogP contribution in [-0.4, -0.2) is 62.3 Å². The molecule has 6 nitrogen and oxygen atoms in total. The summed E-state index contributed by atoms with van der Waals surface area (Å²) in [6, 6.07) is 0. The molecular formula is C8H16N2O4. The second-order valence-electron chi connectivity index (χ2n) is 2.77. The number of carbonyl (C=O) groups is 2. The summed E-state index contributed by atoms with van der Waals surface area (Å²) in [5, 5.41) is 11.0. The molecule has 14 heavy (non-hydrogen) atoms. The van der Waals surface area contributed by atoms with E-state index >= 15 is 0 Å². The fourth-order valence-electron chi connectivity index (χ4n) is 0.908. The van der Waals surface area contributed by atoms with Gasteiger partial charge in [-0.25, -0.2) is 0 Å². The van der Waals surface area contributed by atoms with Crippen molar-refractivity contribution in [2.24, 2.45) is 0 Å². The van der Waals surface area contributed by atoms with Crippen LogP contribution < -0.4 is 5.32 Å². The average Bonchev–Trinajstić information content (AvgIpc) is 2.13. The van der Waals surface area contributed by atoms with Crippen LogP contribution in [0.15, 0.2) is 0 Å². The molecule has 0 radical (unpaired) electrons. The predicted molar refractivity (Wildman–Crippen MR) is 50.0 cm³/mol. The first kappa shape index (κ1) is 12.9. The summed E-state index contributed by atoms with van der Waals surface area (Å²) in [5.41, 5.74) is 0. The molecule has 0 heterocycles. The highest BCUT2D eigenvalue weighted by atomic mass is 16.5. The largest absolute Gasteiger partial charge is 0.480 e. The molecule has 0 spiro atoms. The van der Waals surface area contributed by atoms with Crippen molar-refractivity contribution in [3.05, 3.63) is 0 Å². The van der Waals surface area contributed by atoms with Gasteiger partial charge in [0.05, 0.1) is 19.7 Å². The predicted octanol–water partition coefficient (Wildman–Crippen LogP) is -1.23. The Morgan fingerprint density at radius 2 is 2.07 bits per heavy atom. The third-order valence-corrected chi connectivity index (χ3v) is 1.62. The molecule has 6 heteroatoms. The van der Waals surface area contributed by atoms with Gasteiger partial charge in [0.1, 0.15) is 0 Å². The standard InChI is InChI=1S/C8H16N2O4/c1-9-7(11)5-10(3-4-14-2)6-8(12)13/h3-6H2,1-2H3,(H,9,11)(H,12,13). The molecule has 0 unspecified atom stereocenters. The summed E-state index contributed by atoms with van der Waals surface area (Å²) < 4.78 is 4.80. The molecule has 0 rings (SSSR count). The Kier molecular flexibility index (Phi) is 6.69. The number of carboxylic acids is 1. The molecular weight excluding hydrogens is 188 g/mol. The normalized spacial score (nSPS) is 10.2. The van der Waals surface area contributed by atoms with Crippen LogP contribution in [0.3, 0.4) is 0 Å². The number of hydrogen-bond donors (Lipinski definition) is 2. The van der Waals surface area contributed by atoms with E-state index in [1.54, 1.807) is 0 Å². The molecule has 0 aromatic rings. The highest BCUT2D eigenvalue weighted by Crippen LogP contribution is 1.88. The van der Waals surface area contributed by atoms with Crippen molar-refractivity contribution >= 4 is 11.9 Å². The first-order valence-corrected chi connectivity index (χ1v) is 4.23. The molecule has 0 aliphatic carbocycles. The van der Waals surface area contributed by atoms with Crippen LogP contribution >= 0.6 is 0 Å². The Bertz CT molecular complexity index is 196. The van der Waals surface area contributed by atoms with Crippen LogP contribution in [0.5, 0.6) is 0 Å². The van der Waals surface area contributed by atoms with Gasteiger partial charge in [-0.1, -0.05) is 0 Å². The zero-order valence-electron chi connectivity index (χ0n) is 8.45. The van der Waals surface area contributed by atoms with Gasteiger partial charge < -0.3 is 15.2 Å². The Morgan fingerprint density at radius 1 is 1.43 bits per heavy atom. The Morgan fingerprint density at radius 3 is 2.50 bits per heavy atom. The molecule has 82 valence electrons. The van der Waals surface area contributed by atoms with Gasteiger partial charge in [-0.3, -0.25) is 14.5 Å². The summed E-state index contributed by atoms with van der Waals surface area (Å²) in [5.74, 6) is -1.16. The molecule has 0 saturated carbocycles. The van der Waals surface area contributed by atoms with E-state index in [0.29, 0.717) is 13.2 Å². The third kappa shape index (κ3) is 6.38. The van der Waals surface area contributed by atoms with E-state index < -0.39 is 5.97 Å². The monoisotopic (exact) mass is 204 g/mol. The lowest BCUT2D eigenvalue weighted by molar-refractivity contribution is -0.138. The topological polar surface area (TPSA) is 78.9 Å². The minimum absolute atomic E-state index is 0.0756. The van der Waals surface area contributed by atoms with Crippen molar-refractivity contribution in [1.29, 1.82) is 0 Å². The lowest BCUT2D eigenvalue weighted by atomic mass is 10.4. The molecule has 0 aliphatic heterocycles. The van der Waals surface area contributed by atoms with E-state index in [2.05, 4.69) is 5.32 Å². The van der Waals surface area contributed by atoms with E-state index in [0.717, 1.165) is 0 Å². The molecule has 0 saturated heterocycles. The number of amides is 1. The second kappa shape index (κ2) is 7.28. The van der Waals surface area contributed by atoms with Crippen molar-refractivity contribution in [2.45, 2.75) is 0 Å². The average molecular weight is 204 g/mol. The Hall–Kier alpha value is -1.14. The van der Waals surface area contributed by atoms with E-state index in [4.69, 9.17) is 9.84 Å². The number of rotatable bonds is 7. The zero-order chi connectivity index (χ0) is 11.0. The number of carboxylic acid groups (broad SMARTS) is 1. The first-order chi connectivity index (χ1) is 6.60. The van der Waals surface area contributed by atoms with Crippen LogP contribution in [0, 0.1) is 0 Å². The summed E-state index contributed by atoms with van der Waals surface area (Å²) >= 11 is 0. The highest BCUT2D eigenvalue weighted by molar-refractivity contribution is 5.78. The van der Waals surface area contributed by atoms with E-state index in [9.17, 15) is 9.59 Å². The quantitative estimate of drug-likeness (QED) is 0.542. The fourth-order valence-corrected chi connectivity index (χ4v) is 0.908. The van der Waals surface area contributed by atoms with Crippen molar-refractivity contribution in [3.63, 3.8) is 0 Å². The molecule has 0 bridgehead atoms. The maximum absolute atomic E-state index is 11.0. The van der Waals surface area contributed by atoms with E-state index in [-0.39, 0.29) is 19.0 Å². The minimum Gasteiger partial charge on any atom is -0.480 e. The number of aliphatic carboxylic acids is 1. The van der Waals surface area contributed by atoms with Gasteiger partial charge in [0.2, 0.25) is 5.91 Å². The van der Waals surface area contributed by atoms with Crippen molar-refractivity contribution < 1.29 is 19.4 Å². The van der Waals surface area contributed by atoms with Gasteiger partial charge in [-0.15, -0.1) is 0 Å². The van der Waals surface area contributed by atoms with Gasteiger partial charge in [0.25, 0.3) is 0 Å². The van der Waals surface area contributed by atoms with Crippen LogP contribution in [0.25, 0.3) is 0 Å². The maximum atomic E-state index is 11.0. The van der Waals surface area contributed by atoms with Crippen molar-refractivity contribution in [3.8, 4) is 0 Å². The number of ether oxygens (including phenoxy) is 1. The zero-order valence-corrected chi connectivity index (χ0v) is 8.45. The van der Waals surface area contributed by atoms with Crippen molar-refractivity contribution in [1.82, 2.24) is 10.2 Å². The lowest BCUT2D eigenvalue weighted by Crippen LogP contribution is -2.40. The summed E-state index contributed by atoms with van der Waals surface area (Å²) in [6.07, 6.45) is 0. The van der Waals surface area contributed by atoms with Gasteiger partial charge in [-0.05, 0) is 0 Å². The number of methoxy groups -OCH3 is 1. The summed E-state index contributed by atoms with van der Waals surface area (Å²) in [7, 11) is 3.04. The Labute approximate surface area is 82.8 Å². The van der Waals surface area contributed by atoms with E-state index in [1.165, 1.54) is 19.1 Å². The highest BCUT2D eigenvalue weighted by Gasteiger charge is 2.12. The number of nitrogens with zero attached hydrogens (tertiary/aromatic N) is 1. The number of likely N-dealkylation sites (N-methyl/N-ethyl adjacent to an activating group) is 1. The molecule has 0 aromatic heterocycles. The van der Waals surface area contributed by atoms with Crippen molar-refractivity contribution in [2.75, 3.05) is 40.4 Å². The number of carbonyl (C=O) groups excluding carboxylic acids is 1. The van der Waals surface area contributed by atoms with Crippen LogP contribution in [0.2, 0.25) is 0 Å². The van der Waals surface area contributed by atoms with Gasteiger partial charge in [0.15, 0.2) is 0 Å². The molecule has 0 atom stereocenters. The first-order valence-electron chi connectivity index (χ1n) is 4.23. The van der Waals surface area contributed by atoms with E-state index in [1.807, 2.05) is 0 Å². The maximum Gasteiger partial charge on any atom is 0.317 e. The molecule has 0 fully saturated rings. The SMILES string of the molecule is CNC(=O)CN(CCOC)CC(=O)O. The molecule has 1 amide bonds. The van der Waals surface area contributed by atoms with Crippen LogP contribution in [0.1, 0.15) is 0 Å². The molecule has 0 aromatic carbocycles. The summed E-state index contributed by atoms with van der Waals surface area (Å²) in [6.45, 7) is 0.753. The molecule has 0 aliphatic rings. The number of hydrogen-bond acceptors (Lipinski definition) is 4. The number of nitrogens with one attached hydrogen (secondary N) is 1. The smallest absolute Gasteiger partial charge is 0.317 e. The fraction of sp³-hybridized carbons (Fsp3) is 0.750. The van der Waals surface area contributed by atoms with Crippen LogP contribution in [0.4, 0.5) is 0 Å². The van der Waals surface area contributed by atoms with Gasteiger partial charge >= 0.3 is 5.97 Å². The Balaban J connectivity index is 3.96. The van der Waals surface area contributed by atoms with Gasteiger partial charge in [0, 0.05) is 20.7 Å². The van der Waals surface area contributed by atoms with Crippen LogP contribution in [-0.2, 0) is 14.3 Å². The third-order valence-electron chi connectivity index (χ3n) is 1.62. The lowest BCUT2D eigenvalue weighted by Gasteiger charge is -2.18. The summed E-state index contributed by atoms with van der Waals surface area (Å²) in [4.78, 5) is 22.9. The second-order valence-corrected chi connectivity index (χ2v) is 2.77. The molecule has 2 N–H and O–H groups in total. The minimum atomic E-state index is -0.954. The van der Waals surface area contributed by atoms with Gasteiger partial charge in [-0.2, -0.15) is 0 Å².